The Kier molecular flexibility index (Phi) is 5.01. The van der Waals surface area contributed by atoms with Gasteiger partial charge in [0.15, 0.2) is 0 Å². The Labute approximate surface area is 179 Å². The van der Waals surface area contributed by atoms with Crippen molar-refractivity contribution in [2.45, 2.75) is 25.1 Å². The molecule has 3 aromatic carbocycles. The number of halogens is 3. The first-order valence-corrected chi connectivity index (χ1v) is 14.5. The molecule has 3 aromatic rings. The number of nitrogens with one attached hydrogen (secondary N) is 2. The summed E-state index contributed by atoms with van der Waals surface area (Å²) in [6.45, 7) is 5.06. The highest BCUT2D eigenvalue weighted by Crippen LogP contribution is 2.34. The molecule has 0 aliphatic carbocycles. The van der Waals surface area contributed by atoms with E-state index >= 15 is 0 Å². The third kappa shape index (κ3) is 3.87. The molecule has 0 saturated heterocycles. The maximum atomic E-state index is 13.1. The van der Waals surface area contributed by atoms with Crippen molar-refractivity contribution in [3.8, 4) is 5.75 Å². The third-order valence-corrected chi connectivity index (χ3v) is 8.11. The van der Waals surface area contributed by atoms with Gasteiger partial charge in [-0.2, -0.15) is 21.6 Å². The molecule has 0 atom stereocenters. The fourth-order valence-electron chi connectivity index (χ4n) is 3.71. The number of para-hydroxylation sites is 1. The molecule has 4 rings (SSSR count). The smallest absolute Gasteiger partial charge is 0.405 e. The summed E-state index contributed by atoms with van der Waals surface area (Å²) in [5.74, 6) is -0.268. The number of hydrogen-bond acceptors (Lipinski definition) is 5. The minimum atomic E-state index is -5.83. The molecule has 0 amide bonds. The van der Waals surface area contributed by atoms with E-state index in [-0.39, 0.29) is 5.75 Å². The van der Waals surface area contributed by atoms with Crippen molar-refractivity contribution in [2.75, 3.05) is 10.5 Å². The first-order valence-electron chi connectivity index (χ1n) is 9.57. The van der Waals surface area contributed by atoms with E-state index in [9.17, 15) is 21.6 Å². The molecular formula is C20H20BF3N2O3SSi. The quantitative estimate of drug-likeness (QED) is 0.349. The number of rotatable bonds is 4. The van der Waals surface area contributed by atoms with Crippen molar-refractivity contribution < 1.29 is 25.8 Å². The molecule has 1 aliphatic rings. The van der Waals surface area contributed by atoms with Crippen molar-refractivity contribution in [1.29, 1.82) is 0 Å². The summed E-state index contributed by atoms with van der Waals surface area (Å²) in [6, 6.07) is 16.3. The van der Waals surface area contributed by atoms with E-state index in [0.29, 0.717) is 10.6 Å². The predicted octanol–water partition coefficient (Wildman–Crippen LogP) is 3.85. The van der Waals surface area contributed by atoms with Gasteiger partial charge in [-0.15, -0.1) is 0 Å². The van der Waals surface area contributed by atoms with Crippen LogP contribution in [0.3, 0.4) is 0 Å². The monoisotopic (exact) mass is 464 g/mol. The lowest BCUT2D eigenvalue weighted by molar-refractivity contribution is -0.0499. The average Bonchev–Trinajstić information content (AvgIpc) is 2.66. The van der Waals surface area contributed by atoms with Gasteiger partial charge in [-0.3, -0.25) is 0 Å². The first kappa shape index (κ1) is 21.6. The Morgan fingerprint density at radius 1 is 0.903 bits per heavy atom. The van der Waals surface area contributed by atoms with Crippen LogP contribution in [0.15, 0.2) is 54.6 Å². The van der Waals surface area contributed by atoms with Crippen LogP contribution in [0.4, 0.5) is 24.5 Å². The summed E-state index contributed by atoms with van der Waals surface area (Å²) >= 11 is 0. The number of alkyl halides is 3. The third-order valence-electron chi connectivity index (χ3n) is 5.15. The highest BCUT2D eigenvalue weighted by molar-refractivity contribution is 7.88. The van der Waals surface area contributed by atoms with Crippen LogP contribution in [-0.4, -0.2) is 29.0 Å². The first-order chi connectivity index (χ1) is 14.4. The molecule has 1 heterocycles. The van der Waals surface area contributed by atoms with Gasteiger partial charge in [0, 0.05) is 22.2 Å². The van der Waals surface area contributed by atoms with E-state index in [1.54, 1.807) is 18.2 Å². The maximum Gasteiger partial charge on any atom is 0.534 e. The highest BCUT2D eigenvalue weighted by Gasteiger charge is 2.49. The lowest BCUT2D eigenvalue weighted by Gasteiger charge is -2.30. The molecule has 0 saturated carbocycles. The molecule has 0 aromatic heterocycles. The van der Waals surface area contributed by atoms with E-state index in [4.69, 9.17) is 4.18 Å². The van der Waals surface area contributed by atoms with Crippen LogP contribution in [0.25, 0.3) is 10.8 Å². The zero-order chi connectivity index (χ0) is 22.6. The summed E-state index contributed by atoms with van der Waals surface area (Å²) in [7, 11) is -8.09. The molecule has 0 bridgehead atoms. The van der Waals surface area contributed by atoms with Crippen LogP contribution in [0, 0.1) is 0 Å². The molecule has 11 heteroatoms. The van der Waals surface area contributed by atoms with Crippen LogP contribution in [0.5, 0.6) is 5.75 Å². The van der Waals surface area contributed by atoms with Crippen molar-refractivity contribution >= 4 is 58.0 Å². The van der Waals surface area contributed by atoms with Gasteiger partial charge in [0.25, 0.3) is 0 Å². The van der Waals surface area contributed by atoms with Gasteiger partial charge >= 0.3 is 22.6 Å². The fourth-order valence-corrected chi connectivity index (χ4v) is 5.75. The lowest BCUT2D eigenvalue weighted by atomic mass is 9.65. The Hall–Kier alpha value is -2.66. The summed E-state index contributed by atoms with van der Waals surface area (Å²) in [5, 5.41) is 8.98. The second kappa shape index (κ2) is 7.20. The van der Waals surface area contributed by atoms with Gasteiger partial charge < -0.3 is 14.6 Å². The zero-order valence-corrected chi connectivity index (χ0v) is 18.9. The number of anilines is 2. The topological polar surface area (TPSA) is 67.4 Å². The predicted molar refractivity (Wildman–Crippen MR) is 122 cm³/mol. The minimum absolute atomic E-state index is 0.268. The van der Waals surface area contributed by atoms with E-state index in [2.05, 4.69) is 10.5 Å². The Bertz CT molecular complexity index is 1240. The lowest BCUT2D eigenvalue weighted by Crippen LogP contribution is -2.52. The number of benzene rings is 3. The Balaban J connectivity index is 1.86. The molecule has 1 aliphatic heterocycles. The molecule has 0 unspecified atom stereocenters. The van der Waals surface area contributed by atoms with Crippen LogP contribution in [0.1, 0.15) is 0 Å². The molecule has 0 spiro atoms. The molecule has 0 radical (unpaired) electrons. The molecule has 31 heavy (non-hydrogen) atoms. The van der Waals surface area contributed by atoms with E-state index in [1.165, 1.54) is 0 Å². The van der Waals surface area contributed by atoms with Gasteiger partial charge in [-0.05, 0) is 22.7 Å². The van der Waals surface area contributed by atoms with Gasteiger partial charge in [0.1, 0.15) is 5.75 Å². The van der Waals surface area contributed by atoms with Gasteiger partial charge in [0.2, 0.25) is 0 Å². The molecular weight excluding hydrogens is 444 g/mol. The van der Waals surface area contributed by atoms with Crippen LogP contribution < -0.4 is 25.3 Å². The normalized spacial score (nSPS) is 14.2. The van der Waals surface area contributed by atoms with E-state index in [1.807, 2.05) is 56.0 Å². The van der Waals surface area contributed by atoms with Crippen molar-refractivity contribution in [3.05, 3.63) is 54.6 Å². The van der Waals surface area contributed by atoms with Crippen molar-refractivity contribution in [3.63, 3.8) is 0 Å². The average molecular weight is 464 g/mol. The highest BCUT2D eigenvalue weighted by atomic mass is 32.2. The minimum Gasteiger partial charge on any atom is -0.405 e. The Morgan fingerprint density at radius 3 is 1.97 bits per heavy atom. The molecule has 162 valence electrons. The fraction of sp³-hybridized carbons (Fsp3) is 0.200. The summed E-state index contributed by atoms with van der Waals surface area (Å²) in [5.41, 5.74) is -3.65. The number of hydrogen-bond donors (Lipinski definition) is 2. The Morgan fingerprint density at radius 2 is 1.45 bits per heavy atom. The SMILES string of the molecule is C[Si](C)(C)c1cccc(B2Nc3cccc4cccc(c34)N2)c1OS(=O)(=O)C(F)(F)F. The van der Waals surface area contributed by atoms with Crippen LogP contribution in [-0.2, 0) is 10.1 Å². The largest absolute Gasteiger partial charge is 0.534 e. The molecule has 0 fully saturated rings. The van der Waals surface area contributed by atoms with E-state index < -0.39 is 30.7 Å². The van der Waals surface area contributed by atoms with Gasteiger partial charge in [-0.25, -0.2) is 0 Å². The zero-order valence-electron chi connectivity index (χ0n) is 17.0. The summed E-state index contributed by atoms with van der Waals surface area (Å²) in [6.07, 6.45) is 0. The maximum absolute atomic E-state index is 13.1. The van der Waals surface area contributed by atoms with Gasteiger partial charge in [-0.1, -0.05) is 62.1 Å². The summed E-state index contributed by atoms with van der Waals surface area (Å²) < 4.78 is 68.0. The van der Waals surface area contributed by atoms with Crippen LogP contribution >= 0.6 is 0 Å². The van der Waals surface area contributed by atoms with Gasteiger partial charge in [0.05, 0.1) is 8.07 Å². The van der Waals surface area contributed by atoms with Crippen LogP contribution in [0.2, 0.25) is 19.6 Å². The molecule has 5 nitrogen and oxygen atoms in total. The summed E-state index contributed by atoms with van der Waals surface area (Å²) in [4.78, 5) is 0. The van der Waals surface area contributed by atoms with Crippen molar-refractivity contribution in [1.82, 2.24) is 0 Å². The molecule has 2 N–H and O–H groups in total. The second-order valence-electron chi connectivity index (χ2n) is 8.39. The second-order valence-corrected chi connectivity index (χ2v) is 15.0. The van der Waals surface area contributed by atoms with Crippen molar-refractivity contribution in [2.24, 2.45) is 0 Å². The standard InChI is InChI=1S/C20H20BF3N2O3SSi/c1-31(2,3)17-12-6-9-14(19(17)29-30(27,28)20(22,23)24)21-25-15-10-4-7-13-8-5-11-16(26-21)18(13)15/h4-12,25-26H,1-3H3. The van der Waals surface area contributed by atoms with E-state index in [0.717, 1.165) is 22.1 Å².